The summed E-state index contributed by atoms with van der Waals surface area (Å²) in [6, 6.07) is 18.5. The van der Waals surface area contributed by atoms with Gasteiger partial charge in [-0.1, -0.05) is 79.4 Å². The molecule has 0 spiro atoms. The summed E-state index contributed by atoms with van der Waals surface area (Å²) < 4.78 is 0. The fourth-order valence-electron chi connectivity index (χ4n) is 4.46. The minimum atomic E-state index is -0.0834. The second-order valence-electron chi connectivity index (χ2n) is 8.56. The van der Waals surface area contributed by atoms with Crippen LogP contribution in [-0.2, 0) is 4.79 Å². The van der Waals surface area contributed by atoms with E-state index in [0.717, 1.165) is 66.3 Å². The number of anilines is 1. The van der Waals surface area contributed by atoms with Gasteiger partial charge in [0, 0.05) is 24.8 Å². The highest BCUT2D eigenvalue weighted by Gasteiger charge is 2.26. The van der Waals surface area contributed by atoms with E-state index in [2.05, 4.69) is 48.0 Å². The quantitative estimate of drug-likeness (QED) is 0.285. The Labute approximate surface area is 209 Å². The zero-order valence-corrected chi connectivity index (χ0v) is 21.0. The number of likely N-dealkylation sites (tertiary alicyclic amines) is 1. The summed E-state index contributed by atoms with van der Waals surface area (Å²) in [4.78, 5) is 16.2. The third-order valence-electron chi connectivity index (χ3n) is 6.34. The molecule has 0 aliphatic carbocycles. The summed E-state index contributed by atoms with van der Waals surface area (Å²) in [5.41, 5.74) is 4.31. The van der Waals surface area contributed by atoms with Crippen molar-refractivity contribution >= 4 is 29.4 Å². The maximum atomic E-state index is 12.0. The molecule has 2 aromatic rings. The molecule has 34 heavy (non-hydrogen) atoms. The molecule has 1 fully saturated rings. The van der Waals surface area contributed by atoms with Gasteiger partial charge >= 0.3 is 0 Å². The third kappa shape index (κ3) is 6.45. The Bertz CT molecular complexity index is 1030. The molecule has 1 aliphatic heterocycles. The van der Waals surface area contributed by atoms with Crippen molar-refractivity contribution in [1.29, 1.82) is 0 Å². The lowest BCUT2D eigenvalue weighted by atomic mass is 9.98. The van der Waals surface area contributed by atoms with Gasteiger partial charge in [-0.15, -0.1) is 0 Å². The summed E-state index contributed by atoms with van der Waals surface area (Å²) in [5.74, 6) is 0. The second kappa shape index (κ2) is 12.9. The van der Waals surface area contributed by atoms with Crippen molar-refractivity contribution in [2.75, 3.05) is 18.0 Å². The van der Waals surface area contributed by atoms with Gasteiger partial charge < -0.3 is 15.1 Å². The zero-order chi connectivity index (χ0) is 24.3. The maximum Gasteiger partial charge on any atom is 0.214 e. The number of para-hydroxylation sites is 1. The Kier molecular flexibility index (Phi) is 9.65. The van der Waals surface area contributed by atoms with Crippen molar-refractivity contribution < 1.29 is 4.79 Å². The summed E-state index contributed by atoms with van der Waals surface area (Å²) >= 11 is 5.89. The molecule has 5 heteroatoms. The molecule has 0 bridgehead atoms. The molecule has 2 aromatic carbocycles. The van der Waals surface area contributed by atoms with E-state index < -0.39 is 0 Å². The molecule has 0 radical (unpaired) electrons. The Hall–Kier alpha value is -3.18. The highest BCUT2D eigenvalue weighted by molar-refractivity contribution is 7.80. The van der Waals surface area contributed by atoms with E-state index in [9.17, 15) is 4.79 Å². The molecular weight excluding hydrogens is 438 g/mol. The van der Waals surface area contributed by atoms with Crippen molar-refractivity contribution in [2.45, 2.75) is 45.2 Å². The van der Waals surface area contributed by atoms with Crippen LogP contribution in [0.25, 0.3) is 0 Å². The van der Waals surface area contributed by atoms with Crippen LogP contribution in [-0.4, -0.2) is 35.6 Å². The fraction of sp³-hybridized carbons (Fsp3) is 0.310. The first-order valence-electron chi connectivity index (χ1n) is 11.9. The van der Waals surface area contributed by atoms with Gasteiger partial charge in [0.25, 0.3) is 0 Å². The standard InChI is InChI=1S/C29H35N3OS/c1-4-6-14-24(5-2)28(25-15-8-7-9-16-25)30-29(34)31-20-12-17-26(19-21-31)32(22-33)27-18-11-10-13-23(27)3/h4-11,13-16,18,22,26,28H,2,12,17,19-21H2,1,3H3,(H,30,34)/b6-4-,24-14+. The van der Waals surface area contributed by atoms with Gasteiger partial charge in [0.05, 0.1) is 6.04 Å². The Morgan fingerprint density at radius 2 is 1.88 bits per heavy atom. The molecule has 178 valence electrons. The zero-order valence-electron chi connectivity index (χ0n) is 20.2. The van der Waals surface area contributed by atoms with Crippen LogP contribution in [0.1, 0.15) is 43.4 Å². The first-order chi connectivity index (χ1) is 16.6. The molecule has 0 aromatic heterocycles. The summed E-state index contributed by atoms with van der Waals surface area (Å²) in [5, 5.41) is 4.32. The van der Waals surface area contributed by atoms with Gasteiger partial charge in [-0.05, 0) is 68.1 Å². The number of carbonyl (C=O) groups excluding carboxylic acids is 1. The number of nitrogens with zero attached hydrogens (tertiary/aromatic N) is 2. The smallest absolute Gasteiger partial charge is 0.214 e. The van der Waals surface area contributed by atoms with Crippen LogP contribution in [0.2, 0.25) is 0 Å². The minimum Gasteiger partial charge on any atom is -0.352 e. The predicted molar refractivity (Wildman–Crippen MR) is 147 cm³/mol. The largest absolute Gasteiger partial charge is 0.352 e. The normalized spacial score (nSPS) is 17.6. The number of aryl methyl sites for hydroxylation is 1. The van der Waals surface area contributed by atoms with Gasteiger partial charge in [0.2, 0.25) is 6.41 Å². The summed E-state index contributed by atoms with van der Waals surface area (Å²) in [7, 11) is 0. The van der Waals surface area contributed by atoms with Gasteiger partial charge in [-0.2, -0.15) is 0 Å². The van der Waals surface area contributed by atoms with Crippen LogP contribution < -0.4 is 10.2 Å². The van der Waals surface area contributed by atoms with Crippen LogP contribution in [0.15, 0.2) is 91.1 Å². The topological polar surface area (TPSA) is 35.6 Å². The molecule has 1 amide bonds. The number of rotatable bonds is 8. The van der Waals surface area contributed by atoms with Crippen molar-refractivity contribution in [3.63, 3.8) is 0 Å². The molecular formula is C29H35N3OS. The summed E-state index contributed by atoms with van der Waals surface area (Å²) in [6.07, 6.45) is 11.8. The minimum absolute atomic E-state index is 0.0834. The number of benzene rings is 2. The lowest BCUT2D eigenvalue weighted by Crippen LogP contribution is -2.43. The number of allylic oxidation sites excluding steroid dienone is 3. The molecule has 1 heterocycles. The van der Waals surface area contributed by atoms with Crippen molar-refractivity contribution in [1.82, 2.24) is 10.2 Å². The first-order valence-corrected chi connectivity index (χ1v) is 12.3. The van der Waals surface area contributed by atoms with Crippen LogP contribution in [0.4, 0.5) is 5.69 Å². The van der Waals surface area contributed by atoms with Crippen molar-refractivity contribution in [3.05, 3.63) is 102 Å². The van der Waals surface area contributed by atoms with Gasteiger partial charge in [-0.25, -0.2) is 0 Å². The van der Waals surface area contributed by atoms with Gasteiger partial charge in [0.15, 0.2) is 5.11 Å². The van der Waals surface area contributed by atoms with Gasteiger partial charge in [0.1, 0.15) is 0 Å². The highest BCUT2D eigenvalue weighted by Crippen LogP contribution is 2.27. The van der Waals surface area contributed by atoms with E-state index in [0.29, 0.717) is 0 Å². The molecule has 3 rings (SSSR count). The molecule has 2 atom stereocenters. The highest BCUT2D eigenvalue weighted by atomic mass is 32.1. The van der Waals surface area contributed by atoms with E-state index >= 15 is 0 Å². The van der Waals surface area contributed by atoms with E-state index in [1.54, 1.807) is 0 Å². The number of nitrogens with one attached hydrogen (secondary N) is 1. The lowest BCUT2D eigenvalue weighted by molar-refractivity contribution is -0.107. The lowest BCUT2D eigenvalue weighted by Gasteiger charge is -2.30. The number of hydrogen-bond acceptors (Lipinski definition) is 2. The Morgan fingerprint density at radius 1 is 1.15 bits per heavy atom. The van der Waals surface area contributed by atoms with Gasteiger partial charge in [-0.3, -0.25) is 4.79 Å². The first kappa shape index (κ1) is 25.4. The van der Waals surface area contributed by atoms with Crippen LogP contribution in [0.3, 0.4) is 0 Å². The molecule has 1 N–H and O–H groups in total. The number of thiocarbonyl (C=S) groups is 1. The average molecular weight is 474 g/mol. The van der Waals surface area contributed by atoms with E-state index in [1.165, 1.54) is 0 Å². The molecule has 2 unspecified atom stereocenters. The Balaban J connectivity index is 1.74. The Morgan fingerprint density at radius 3 is 2.56 bits per heavy atom. The van der Waals surface area contributed by atoms with Crippen LogP contribution >= 0.6 is 12.2 Å². The average Bonchev–Trinajstić information content (AvgIpc) is 3.12. The molecule has 4 nitrogen and oxygen atoms in total. The van der Waals surface area contributed by atoms with Crippen molar-refractivity contribution in [2.24, 2.45) is 0 Å². The van der Waals surface area contributed by atoms with Crippen LogP contribution in [0, 0.1) is 6.92 Å². The van der Waals surface area contributed by atoms with Crippen molar-refractivity contribution in [3.8, 4) is 0 Å². The fourth-order valence-corrected chi connectivity index (χ4v) is 4.76. The van der Waals surface area contributed by atoms with E-state index in [4.69, 9.17) is 12.2 Å². The maximum absolute atomic E-state index is 12.0. The second-order valence-corrected chi connectivity index (χ2v) is 8.95. The molecule has 1 aliphatic rings. The predicted octanol–water partition coefficient (Wildman–Crippen LogP) is 6.12. The SMILES string of the molecule is C=C/C(=C\C=C/C)C(NC(=S)N1CCCC(N(C=O)c2ccccc2C)CC1)c1ccccc1. The van der Waals surface area contributed by atoms with E-state index in [1.807, 2.05) is 66.4 Å². The van der Waals surface area contributed by atoms with E-state index in [-0.39, 0.29) is 12.1 Å². The number of carbonyl (C=O) groups is 1. The summed E-state index contributed by atoms with van der Waals surface area (Å²) in [6.45, 7) is 9.75. The van der Waals surface area contributed by atoms with Crippen LogP contribution in [0.5, 0.6) is 0 Å². The number of hydrogen-bond donors (Lipinski definition) is 1. The molecule has 1 saturated heterocycles. The monoisotopic (exact) mass is 473 g/mol. The molecule has 0 saturated carbocycles. The third-order valence-corrected chi connectivity index (χ3v) is 6.71. The number of amides is 1.